The fourth-order valence-corrected chi connectivity index (χ4v) is 2.07. The van der Waals surface area contributed by atoms with Gasteiger partial charge in [-0.3, -0.25) is 0 Å². The number of ether oxygens (including phenoxy) is 1. The molecule has 1 heterocycles. The lowest BCUT2D eigenvalue weighted by atomic mass is 10.00. The number of nitrogens with two attached hydrogens (primary N) is 1. The van der Waals surface area contributed by atoms with Crippen molar-refractivity contribution in [2.45, 2.75) is 40.0 Å². The lowest BCUT2D eigenvalue weighted by Gasteiger charge is -2.16. The number of nitrogens with one attached hydrogen (secondary N) is 1. The van der Waals surface area contributed by atoms with Crippen molar-refractivity contribution in [3.63, 3.8) is 0 Å². The molecule has 0 amide bonds. The van der Waals surface area contributed by atoms with E-state index < -0.39 is 0 Å². The molecule has 0 saturated heterocycles. The molecule has 0 saturated carbocycles. The number of nitrogens with zero attached hydrogens (tertiary/aromatic N) is 2. The van der Waals surface area contributed by atoms with Crippen LogP contribution in [0.3, 0.4) is 0 Å². The van der Waals surface area contributed by atoms with Crippen LogP contribution in [-0.4, -0.2) is 29.7 Å². The Balaban J connectivity index is 2.59. The second kappa shape index (κ2) is 8.69. The molecule has 1 rings (SSSR count). The molecule has 5 nitrogen and oxygen atoms in total. The summed E-state index contributed by atoms with van der Waals surface area (Å²) in [6.45, 7) is 8.29. The van der Waals surface area contributed by atoms with E-state index in [9.17, 15) is 0 Å². The first-order chi connectivity index (χ1) is 9.19. The zero-order valence-electron chi connectivity index (χ0n) is 12.3. The van der Waals surface area contributed by atoms with Crippen LogP contribution in [0.4, 0.5) is 5.95 Å². The van der Waals surface area contributed by atoms with Crippen molar-refractivity contribution in [1.82, 2.24) is 9.97 Å². The molecule has 0 radical (unpaired) electrons. The van der Waals surface area contributed by atoms with Crippen LogP contribution in [0.2, 0.25) is 0 Å². The molecule has 0 aliphatic heterocycles. The van der Waals surface area contributed by atoms with Gasteiger partial charge in [0.2, 0.25) is 11.8 Å². The van der Waals surface area contributed by atoms with E-state index in [1.54, 1.807) is 0 Å². The van der Waals surface area contributed by atoms with Gasteiger partial charge in [-0.15, -0.1) is 0 Å². The van der Waals surface area contributed by atoms with Gasteiger partial charge < -0.3 is 15.8 Å². The molecular weight excluding hydrogens is 240 g/mol. The SMILES string of the molecule is CCCC(CCN)CNc1nc(C)cc(OCC)n1. The maximum Gasteiger partial charge on any atom is 0.226 e. The Morgan fingerprint density at radius 3 is 2.74 bits per heavy atom. The van der Waals surface area contributed by atoms with Crippen LogP contribution in [0, 0.1) is 12.8 Å². The third kappa shape index (κ3) is 5.87. The number of aromatic nitrogens is 2. The first-order valence-electron chi connectivity index (χ1n) is 7.12. The number of hydrogen-bond acceptors (Lipinski definition) is 5. The molecule has 108 valence electrons. The number of anilines is 1. The van der Waals surface area contributed by atoms with E-state index in [4.69, 9.17) is 10.5 Å². The molecular formula is C14H26N4O. The van der Waals surface area contributed by atoms with E-state index in [0.717, 1.165) is 25.2 Å². The quantitative estimate of drug-likeness (QED) is 0.718. The van der Waals surface area contributed by atoms with Crippen molar-refractivity contribution in [1.29, 1.82) is 0 Å². The van der Waals surface area contributed by atoms with Gasteiger partial charge in [0, 0.05) is 18.3 Å². The Hall–Kier alpha value is -1.36. The average Bonchev–Trinajstić information content (AvgIpc) is 2.36. The molecule has 1 unspecified atom stereocenters. The van der Waals surface area contributed by atoms with Crippen molar-refractivity contribution >= 4 is 5.95 Å². The summed E-state index contributed by atoms with van der Waals surface area (Å²) < 4.78 is 5.42. The maximum atomic E-state index is 5.64. The second-order valence-electron chi connectivity index (χ2n) is 4.72. The normalized spacial score (nSPS) is 12.2. The van der Waals surface area contributed by atoms with E-state index in [-0.39, 0.29) is 0 Å². The fourth-order valence-electron chi connectivity index (χ4n) is 2.07. The van der Waals surface area contributed by atoms with Gasteiger partial charge in [0.1, 0.15) is 0 Å². The molecule has 5 heteroatoms. The third-order valence-electron chi connectivity index (χ3n) is 2.94. The standard InChI is InChI=1S/C14H26N4O/c1-4-6-12(7-8-15)10-16-14-17-11(3)9-13(18-14)19-5-2/h9,12H,4-8,10,15H2,1-3H3,(H,16,17,18). The average molecular weight is 266 g/mol. The Morgan fingerprint density at radius 2 is 2.11 bits per heavy atom. The summed E-state index contributed by atoms with van der Waals surface area (Å²) in [6.07, 6.45) is 3.38. The van der Waals surface area contributed by atoms with Crippen molar-refractivity contribution in [2.75, 3.05) is 25.0 Å². The number of rotatable bonds is 9. The minimum atomic E-state index is 0.578. The van der Waals surface area contributed by atoms with Gasteiger partial charge >= 0.3 is 0 Å². The Bertz CT molecular complexity index is 364. The van der Waals surface area contributed by atoms with Crippen molar-refractivity contribution in [3.05, 3.63) is 11.8 Å². The van der Waals surface area contributed by atoms with Gasteiger partial charge in [-0.25, -0.2) is 4.98 Å². The highest BCUT2D eigenvalue weighted by Gasteiger charge is 2.08. The zero-order valence-corrected chi connectivity index (χ0v) is 12.3. The smallest absolute Gasteiger partial charge is 0.226 e. The molecule has 1 aromatic rings. The minimum Gasteiger partial charge on any atom is -0.478 e. The summed E-state index contributed by atoms with van der Waals surface area (Å²) in [5.41, 5.74) is 6.55. The highest BCUT2D eigenvalue weighted by Crippen LogP contribution is 2.14. The minimum absolute atomic E-state index is 0.578. The number of hydrogen-bond donors (Lipinski definition) is 2. The van der Waals surface area contributed by atoms with Crippen LogP contribution in [0.5, 0.6) is 5.88 Å². The molecule has 1 aromatic heterocycles. The van der Waals surface area contributed by atoms with E-state index in [0.29, 0.717) is 24.4 Å². The van der Waals surface area contributed by atoms with Crippen LogP contribution in [0.25, 0.3) is 0 Å². The number of aryl methyl sites for hydroxylation is 1. The van der Waals surface area contributed by atoms with Crippen molar-refractivity contribution in [3.8, 4) is 5.88 Å². The van der Waals surface area contributed by atoms with Crippen LogP contribution in [0.15, 0.2) is 6.07 Å². The first kappa shape index (κ1) is 15.7. The Labute approximate surface area is 116 Å². The van der Waals surface area contributed by atoms with Crippen LogP contribution in [-0.2, 0) is 0 Å². The molecule has 1 atom stereocenters. The predicted molar refractivity (Wildman–Crippen MR) is 78.5 cm³/mol. The zero-order chi connectivity index (χ0) is 14.1. The molecule has 0 spiro atoms. The van der Waals surface area contributed by atoms with Gasteiger partial charge in [0.15, 0.2) is 0 Å². The largest absolute Gasteiger partial charge is 0.478 e. The lowest BCUT2D eigenvalue weighted by molar-refractivity contribution is 0.326. The van der Waals surface area contributed by atoms with Crippen LogP contribution >= 0.6 is 0 Å². The van der Waals surface area contributed by atoms with Gasteiger partial charge in [0.25, 0.3) is 0 Å². The summed E-state index contributed by atoms with van der Waals surface area (Å²) in [7, 11) is 0. The molecule has 0 bridgehead atoms. The highest BCUT2D eigenvalue weighted by molar-refractivity contribution is 5.30. The Kier molecular flexibility index (Phi) is 7.18. The molecule has 0 aliphatic rings. The van der Waals surface area contributed by atoms with Crippen molar-refractivity contribution < 1.29 is 4.74 Å². The summed E-state index contributed by atoms with van der Waals surface area (Å²) >= 11 is 0. The first-order valence-corrected chi connectivity index (χ1v) is 7.12. The topological polar surface area (TPSA) is 73.1 Å². The molecule has 0 aliphatic carbocycles. The fraction of sp³-hybridized carbons (Fsp3) is 0.714. The summed E-state index contributed by atoms with van der Waals surface area (Å²) in [5, 5.41) is 3.30. The highest BCUT2D eigenvalue weighted by atomic mass is 16.5. The van der Waals surface area contributed by atoms with Gasteiger partial charge in [-0.1, -0.05) is 13.3 Å². The predicted octanol–water partition coefficient (Wildman–Crippen LogP) is 2.36. The van der Waals surface area contributed by atoms with Gasteiger partial charge in [-0.05, 0) is 39.2 Å². The van der Waals surface area contributed by atoms with E-state index in [2.05, 4.69) is 22.2 Å². The van der Waals surface area contributed by atoms with Crippen molar-refractivity contribution in [2.24, 2.45) is 11.7 Å². The van der Waals surface area contributed by atoms with Crippen LogP contribution < -0.4 is 15.8 Å². The van der Waals surface area contributed by atoms with E-state index >= 15 is 0 Å². The molecule has 19 heavy (non-hydrogen) atoms. The molecule has 3 N–H and O–H groups in total. The summed E-state index contributed by atoms with van der Waals surface area (Å²) in [6, 6.07) is 1.85. The summed E-state index contributed by atoms with van der Waals surface area (Å²) in [4.78, 5) is 8.71. The monoisotopic (exact) mass is 266 g/mol. The second-order valence-corrected chi connectivity index (χ2v) is 4.72. The third-order valence-corrected chi connectivity index (χ3v) is 2.94. The Morgan fingerprint density at radius 1 is 1.32 bits per heavy atom. The van der Waals surface area contributed by atoms with E-state index in [1.165, 1.54) is 12.8 Å². The molecule has 0 fully saturated rings. The van der Waals surface area contributed by atoms with Gasteiger partial charge in [-0.2, -0.15) is 4.98 Å². The van der Waals surface area contributed by atoms with E-state index in [1.807, 2.05) is 19.9 Å². The summed E-state index contributed by atoms with van der Waals surface area (Å²) in [5.74, 6) is 1.85. The molecule has 0 aromatic carbocycles. The van der Waals surface area contributed by atoms with Gasteiger partial charge in [0.05, 0.1) is 6.61 Å². The lowest BCUT2D eigenvalue weighted by Crippen LogP contribution is -2.19. The maximum absolute atomic E-state index is 5.64. The van der Waals surface area contributed by atoms with Crippen LogP contribution in [0.1, 0.15) is 38.8 Å².